The zero-order chi connectivity index (χ0) is 19.5. The predicted octanol–water partition coefficient (Wildman–Crippen LogP) is 3.21. The van der Waals surface area contributed by atoms with Crippen molar-refractivity contribution >= 4 is 0 Å². The fraction of sp³-hybridized carbons (Fsp3) is 0.158. The highest BCUT2D eigenvalue weighted by Gasteiger charge is 2.19. The molecule has 9 nitrogen and oxygen atoms in total. The van der Waals surface area contributed by atoms with Gasteiger partial charge >= 0.3 is 0 Å². The molecule has 0 aliphatic heterocycles. The van der Waals surface area contributed by atoms with Gasteiger partial charge in [-0.15, -0.1) is 5.10 Å². The summed E-state index contributed by atoms with van der Waals surface area (Å²) in [5.74, 6) is 2.77. The average Bonchev–Trinajstić information content (AvgIpc) is 3.45. The second-order valence-corrected chi connectivity index (χ2v) is 5.81. The van der Waals surface area contributed by atoms with E-state index in [4.69, 9.17) is 18.7 Å². The van der Waals surface area contributed by atoms with Gasteiger partial charge in [-0.05, 0) is 28.1 Å². The van der Waals surface area contributed by atoms with E-state index in [-0.39, 0.29) is 0 Å². The molecule has 0 atom stereocenters. The molecule has 0 saturated heterocycles. The zero-order valence-corrected chi connectivity index (χ0v) is 15.5. The van der Waals surface area contributed by atoms with Crippen LogP contribution in [0.1, 0.15) is 0 Å². The third kappa shape index (κ3) is 3.02. The van der Waals surface area contributed by atoms with Crippen LogP contribution in [-0.4, -0.2) is 47.1 Å². The molecular weight excluding hydrogens is 362 g/mol. The van der Waals surface area contributed by atoms with Gasteiger partial charge in [-0.2, -0.15) is 0 Å². The number of methoxy groups -OCH3 is 3. The quantitative estimate of drug-likeness (QED) is 0.544. The summed E-state index contributed by atoms with van der Waals surface area (Å²) in [6, 6.07) is 11.4. The van der Waals surface area contributed by atoms with Gasteiger partial charge in [0.2, 0.25) is 5.75 Å². The van der Waals surface area contributed by atoms with Crippen LogP contribution in [0.25, 0.3) is 33.8 Å². The Hall–Kier alpha value is -3.88. The van der Waals surface area contributed by atoms with E-state index in [9.17, 15) is 0 Å². The van der Waals surface area contributed by atoms with Crippen LogP contribution in [0.5, 0.6) is 17.2 Å². The Kier molecular flexibility index (Phi) is 4.63. The first-order valence-electron chi connectivity index (χ1n) is 8.34. The monoisotopic (exact) mass is 379 g/mol. The molecule has 4 aromatic rings. The normalized spacial score (nSPS) is 10.7. The highest BCUT2D eigenvalue weighted by Crippen LogP contribution is 2.43. The van der Waals surface area contributed by atoms with Crippen LogP contribution in [0.15, 0.2) is 47.1 Å². The fourth-order valence-corrected chi connectivity index (χ4v) is 2.95. The van der Waals surface area contributed by atoms with E-state index in [0.29, 0.717) is 28.8 Å². The van der Waals surface area contributed by atoms with E-state index in [1.807, 2.05) is 36.4 Å². The summed E-state index contributed by atoms with van der Waals surface area (Å²) in [5, 5.41) is 17.8. The topological polar surface area (TPSA) is 108 Å². The SMILES string of the molecule is COc1cc(-c2oncc2-c2ccc(-c3nnn[nH]3)cc2)cc(OC)c1OC. The molecule has 0 aliphatic carbocycles. The fourth-order valence-electron chi connectivity index (χ4n) is 2.95. The molecule has 0 fully saturated rings. The smallest absolute Gasteiger partial charge is 0.203 e. The molecule has 1 N–H and O–H groups in total. The highest BCUT2D eigenvalue weighted by molar-refractivity contribution is 5.81. The summed E-state index contributed by atoms with van der Waals surface area (Å²) < 4.78 is 21.8. The maximum atomic E-state index is 5.54. The predicted molar refractivity (Wildman–Crippen MR) is 100 cm³/mol. The first kappa shape index (κ1) is 17.5. The van der Waals surface area contributed by atoms with Crippen molar-refractivity contribution in [3.63, 3.8) is 0 Å². The average molecular weight is 379 g/mol. The Labute approximate surface area is 160 Å². The minimum Gasteiger partial charge on any atom is -0.493 e. The summed E-state index contributed by atoms with van der Waals surface area (Å²) >= 11 is 0. The number of rotatable bonds is 6. The summed E-state index contributed by atoms with van der Waals surface area (Å²) in [4.78, 5) is 0. The molecule has 2 aromatic heterocycles. The van der Waals surface area contributed by atoms with Gasteiger partial charge in [0.25, 0.3) is 0 Å². The lowest BCUT2D eigenvalue weighted by Gasteiger charge is -2.13. The van der Waals surface area contributed by atoms with Crippen molar-refractivity contribution in [3.05, 3.63) is 42.6 Å². The van der Waals surface area contributed by atoms with Gasteiger partial charge in [0, 0.05) is 16.7 Å². The van der Waals surface area contributed by atoms with Gasteiger partial charge in [-0.3, -0.25) is 0 Å². The lowest BCUT2D eigenvalue weighted by atomic mass is 10.0. The maximum Gasteiger partial charge on any atom is 0.203 e. The van der Waals surface area contributed by atoms with Crippen LogP contribution in [0, 0.1) is 0 Å². The Morgan fingerprint density at radius 1 is 0.857 bits per heavy atom. The van der Waals surface area contributed by atoms with Crippen LogP contribution in [0.2, 0.25) is 0 Å². The molecule has 0 aliphatic rings. The van der Waals surface area contributed by atoms with Gasteiger partial charge in [0.1, 0.15) is 0 Å². The summed E-state index contributed by atoms with van der Waals surface area (Å²) in [5.41, 5.74) is 3.39. The van der Waals surface area contributed by atoms with Crippen molar-refractivity contribution in [2.45, 2.75) is 0 Å². The number of nitrogens with zero attached hydrogens (tertiary/aromatic N) is 4. The molecule has 142 valence electrons. The van der Waals surface area contributed by atoms with Crippen LogP contribution in [0.3, 0.4) is 0 Å². The van der Waals surface area contributed by atoms with Crippen molar-refractivity contribution in [3.8, 4) is 51.1 Å². The molecule has 28 heavy (non-hydrogen) atoms. The molecule has 0 amide bonds. The first-order valence-corrected chi connectivity index (χ1v) is 8.34. The second kappa shape index (κ2) is 7.39. The third-order valence-corrected chi connectivity index (χ3v) is 4.31. The standard InChI is InChI=1S/C19H17N5O4/c1-25-15-8-13(9-16(26-2)18(15)27-3)17-14(10-20-28-17)11-4-6-12(7-5-11)19-21-23-24-22-19/h4-10H,1-3H3,(H,21,22,23,24). The molecule has 4 rings (SSSR count). The molecule has 0 spiro atoms. The van der Waals surface area contributed by atoms with Gasteiger partial charge < -0.3 is 18.7 Å². The number of hydrogen-bond donors (Lipinski definition) is 1. The molecular formula is C19H17N5O4. The Balaban J connectivity index is 1.76. The number of tetrazole rings is 1. The molecule has 0 unspecified atom stereocenters. The van der Waals surface area contributed by atoms with Gasteiger partial charge in [0.05, 0.1) is 27.5 Å². The molecule has 0 bridgehead atoms. The minimum absolute atomic E-state index is 0.514. The number of aromatic nitrogens is 5. The summed E-state index contributed by atoms with van der Waals surface area (Å²) in [6.07, 6.45) is 1.67. The maximum absolute atomic E-state index is 5.54. The zero-order valence-electron chi connectivity index (χ0n) is 15.5. The summed E-state index contributed by atoms with van der Waals surface area (Å²) in [6.45, 7) is 0. The van der Waals surface area contributed by atoms with Crippen LogP contribution < -0.4 is 14.2 Å². The molecule has 9 heteroatoms. The number of benzene rings is 2. The van der Waals surface area contributed by atoms with Crippen molar-refractivity contribution in [2.75, 3.05) is 21.3 Å². The largest absolute Gasteiger partial charge is 0.493 e. The van der Waals surface area contributed by atoms with E-state index in [1.165, 1.54) is 0 Å². The van der Waals surface area contributed by atoms with Gasteiger partial charge in [-0.25, -0.2) is 5.10 Å². The lowest BCUT2D eigenvalue weighted by Crippen LogP contribution is -1.95. The Morgan fingerprint density at radius 2 is 1.54 bits per heavy atom. The molecule has 2 heterocycles. The van der Waals surface area contributed by atoms with Gasteiger partial charge in [-0.1, -0.05) is 29.4 Å². The first-order chi connectivity index (χ1) is 13.7. The molecule has 2 aromatic carbocycles. The van der Waals surface area contributed by atoms with Crippen LogP contribution in [0.4, 0.5) is 0 Å². The number of aromatic amines is 1. The van der Waals surface area contributed by atoms with Gasteiger partial charge in [0.15, 0.2) is 23.1 Å². The lowest BCUT2D eigenvalue weighted by molar-refractivity contribution is 0.324. The van der Waals surface area contributed by atoms with E-state index in [1.54, 1.807) is 27.5 Å². The van der Waals surface area contributed by atoms with E-state index in [0.717, 1.165) is 22.3 Å². The number of H-pyrrole nitrogens is 1. The van der Waals surface area contributed by atoms with Crippen LogP contribution >= 0.6 is 0 Å². The third-order valence-electron chi connectivity index (χ3n) is 4.31. The van der Waals surface area contributed by atoms with Crippen molar-refractivity contribution in [1.82, 2.24) is 25.8 Å². The van der Waals surface area contributed by atoms with E-state index < -0.39 is 0 Å². The Bertz CT molecular complexity index is 1050. The highest BCUT2D eigenvalue weighted by atomic mass is 16.5. The van der Waals surface area contributed by atoms with Crippen molar-refractivity contribution in [2.24, 2.45) is 0 Å². The van der Waals surface area contributed by atoms with E-state index in [2.05, 4.69) is 25.8 Å². The van der Waals surface area contributed by atoms with Crippen LogP contribution in [-0.2, 0) is 0 Å². The Morgan fingerprint density at radius 3 is 2.11 bits per heavy atom. The number of nitrogens with one attached hydrogen (secondary N) is 1. The molecule has 0 saturated carbocycles. The summed E-state index contributed by atoms with van der Waals surface area (Å²) in [7, 11) is 4.70. The van der Waals surface area contributed by atoms with Crippen molar-refractivity contribution in [1.29, 1.82) is 0 Å². The molecule has 0 radical (unpaired) electrons. The number of ether oxygens (including phenoxy) is 3. The minimum atomic E-state index is 0.514. The second-order valence-electron chi connectivity index (χ2n) is 5.81. The van der Waals surface area contributed by atoms with Crippen molar-refractivity contribution < 1.29 is 18.7 Å². The van der Waals surface area contributed by atoms with E-state index >= 15 is 0 Å². The number of hydrogen-bond acceptors (Lipinski definition) is 8.